The molecule has 2 N–H and O–H groups in total. The number of aromatic hydroxyl groups is 1. The molecule has 0 heterocycles. The number of hydrogen-bond acceptors (Lipinski definition) is 4. The SMILES string of the molecule is COc1cc(CNc2ccccc2OC)ccc1O. The van der Waals surface area contributed by atoms with E-state index in [4.69, 9.17) is 9.47 Å². The summed E-state index contributed by atoms with van der Waals surface area (Å²) in [5.74, 6) is 1.41. The van der Waals surface area contributed by atoms with E-state index in [1.54, 1.807) is 19.2 Å². The first-order chi connectivity index (χ1) is 9.24. The van der Waals surface area contributed by atoms with Crippen LogP contribution in [-0.4, -0.2) is 19.3 Å². The Bertz CT molecular complexity index is 555. The number of anilines is 1. The molecule has 0 amide bonds. The highest BCUT2D eigenvalue weighted by molar-refractivity contribution is 5.56. The molecule has 0 aliphatic heterocycles. The number of methoxy groups -OCH3 is 2. The molecule has 2 rings (SSSR count). The van der Waals surface area contributed by atoms with E-state index in [9.17, 15) is 5.11 Å². The van der Waals surface area contributed by atoms with Crippen LogP contribution in [0, 0.1) is 0 Å². The number of hydrogen-bond donors (Lipinski definition) is 2. The van der Waals surface area contributed by atoms with Crippen molar-refractivity contribution >= 4 is 5.69 Å². The fourth-order valence-corrected chi connectivity index (χ4v) is 1.82. The molecular weight excluding hydrogens is 242 g/mol. The third kappa shape index (κ3) is 3.10. The van der Waals surface area contributed by atoms with E-state index in [2.05, 4.69) is 5.32 Å². The Morgan fingerprint density at radius 2 is 1.74 bits per heavy atom. The summed E-state index contributed by atoms with van der Waals surface area (Å²) in [6.45, 7) is 0.622. The van der Waals surface area contributed by atoms with E-state index in [0.717, 1.165) is 17.0 Å². The second-order valence-electron chi connectivity index (χ2n) is 4.06. The Balaban J connectivity index is 2.10. The predicted molar refractivity (Wildman–Crippen MR) is 75.0 cm³/mol. The molecule has 0 saturated heterocycles. The minimum atomic E-state index is 0.142. The lowest BCUT2D eigenvalue weighted by molar-refractivity contribution is 0.373. The number of rotatable bonds is 5. The molecule has 19 heavy (non-hydrogen) atoms. The lowest BCUT2D eigenvalue weighted by atomic mass is 10.2. The van der Waals surface area contributed by atoms with Crippen molar-refractivity contribution in [2.45, 2.75) is 6.54 Å². The fraction of sp³-hybridized carbons (Fsp3) is 0.200. The third-order valence-corrected chi connectivity index (χ3v) is 2.83. The van der Waals surface area contributed by atoms with Crippen LogP contribution in [0.4, 0.5) is 5.69 Å². The van der Waals surface area contributed by atoms with Gasteiger partial charge in [-0.15, -0.1) is 0 Å². The van der Waals surface area contributed by atoms with Crippen LogP contribution in [0.5, 0.6) is 17.2 Å². The first kappa shape index (κ1) is 13.1. The zero-order valence-corrected chi connectivity index (χ0v) is 11.0. The molecule has 4 heteroatoms. The van der Waals surface area contributed by atoms with Crippen molar-refractivity contribution in [1.82, 2.24) is 0 Å². The van der Waals surface area contributed by atoms with E-state index in [1.165, 1.54) is 7.11 Å². The largest absolute Gasteiger partial charge is 0.504 e. The van der Waals surface area contributed by atoms with Gasteiger partial charge >= 0.3 is 0 Å². The van der Waals surface area contributed by atoms with Gasteiger partial charge in [0.15, 0.2) is 11.5 Å². The van der Waals surface area contributed by atoms with Gasteiger partial charge in [0.25, 0.3) is 0 Å². The second kappa shape index (κ2) is 6.00. The zero-order chi connectivity index (χ0) is 13.7. The molecule has 0 radical (unpaired) electrons. The van der Waals surface area contributed by atoms with Gasteiger partial charge in [0.05, 0.1) is 19.9 Å². The van der Waals surface area contributed by atoms with E-state index < -0.39 is 0 Å². The molecule has 2 aromatic rings. The summed E-state index contributed by atoms with van der Waals surface area (Å²) in [5, 5.41) is 12.8. The number of ether oxygens (including phenoxy) is 2. The Morgan fingerprint density at radius 3 is 2.47 bits per heavy atom. The van der Waals surface area contributed by atoms with Gasteiger partial charge in [0.1, 0.15) is 5.75 Å². The summed E-state index contributed by atoms with van der Waals surface area (Å²) in [4.78, 5) is 0. The average Bonchev–Trinajstić information content (AvgIpc) is 2.46. The Morgan fingerprint density at radius 1 is 1.00 bits per heavy atom. The maximum atomic E-state index is 9.54. The van der Waals surface area contributed by atoms with Gasteiger partial charge in [-0.3, -0.25) is 0 Å². The molecule has 0 aliphatic carbocycles. The van der Waals surface area contributed by atoms with Crippen molar-refractivity contribution < 1.29 is 14.6 Å². The van der Waals surface area contributed by atoms with Crippen LogP contribution in [0.25, 0.3) is 0 Å². The van der Waals surface area contributed by atoms with E-state index in [-0.39, 0.29) is 5.75 Å². The first-order valence-electron chi connectivity index (χ1n) is 5.97. The molecule has 0 unspecified atom stereocenters. The van der Waals surface area contributed by atoms with E-state index in [1.807, 2.05) is 30.3 Å². The van der Waals surface area contributed by atoms with Crippen LogP contribution < -0.4 is 14.8 Å². The molecule has 0 bridgehead atoms. The Labute approximate surface area is 112 Å². The quantitative estimate of drug-likeness (QED) is 0.866. The average molecular weight is 259 g/mol. The van der Waals surface area contributed by atoms with Gasteiger partial charge in [-0.05, 0) is 29.8 Å². The summed E-state index contributed by atoms with van der Waals surface area (Å²) in [7, 11) is 3.18. The van der Waals surface area contributed by atoms with Crippen LogP contribution in [-0.2, 0) is 6.54 Å². The summed E-state index contributed by atoms with van der Waals surface area (Å²) < 4.78 is 10.4. The maximum absolute atomic E-state index is 9.54. The van der Waals surface area contributed by atoms with Crippen LogP contribution in [0.1, 0.15) is 5.56 Å². The summed E-state index contributed by atoms with van der Waals surface area (Å²) >= 11 is 0. The highest BCUT2D eigenvalue weighted by atomic mass is 16.5. The van der Waals surface area contributed by atoms with Crippen LogP contribution in [0.15, 0.2) is 42.5 Å². The zero-order valence-electron chi connectivity index (χ0n) is 11.0. The monoisotopic (exact) mass is 259 g/mol. The Kier molecular flexibility index (Phi) is 4.13. The highest BCUT2D eigenvalue weighted by Crippen LogP contribution is 2.28. The van der Waals surface area contributed by atoms with Gasteiger partial charge in [0.2, 0.25) is 0 Å². The molecule has 0 spiro atoms. The van der Waals surface area contributed by atoms with Crippen molar-refractivity contribution in [3.63, 3.8) is 0 Å². The van der Waals surface area contributed by atoms with Gasteiger partial charge in [-0.25, -0.2) is 0 Å². The van der Waals surface area contributed by atoms with Crippen LogP contribution in [0.2, 0.25) is 0 Å². The van der Waals surface area contributed by atoms with Crippen molar-refractivity contribution in [2.75, 3.05) is 19.5 Å². The predicted octanol–water partition coefficient (Wildman–Crippen LogP) is 3.02. The summed E-state index contributed by atoms with van der Waals surface area (Å²) in [5.41, 5.74) is 1.94. The molecule has 2 aromatic carbocycles. The maximum Gasteiger partial charge on any atom is 0.160 e. The normalized spacial score (nSPS) is 10.0. The lowest BCUT2D eigenvalue weighted by Gasteiger charge is -2.12. The van der Waals surface area contributed by atoms with Crippen molar-refractivity contribution in [3.8, 4) is 17.2 Å². The van der Waals surface area contributed by atoms with Gasteiger partial charge in [0, 0.05) is 6.54 Å². The second-order valence-corrected chi connectivity index (χ2v) is 4.06. The molecule has 0 fully saturated rings. The van der Waals surface area contributed by atoms with Crippen LogP contribution >= 0.6 is 0 Å². The minimum absolute atomic E-state index is 0.142. The van der Waals surface area contributed by atoms with Crippen molar-refractivity contribution in [3.05, 3.63) is 48.0 Å². The minimum Gasteiger partial charge on any atom is -0.504 e. The number of phenols is 1. The fourth-order valence-electron chi connectivity index (χ4n) is 1.82. The summed E-state index contributed by atoms with van der Waals surface area (Å²) in [6, 6.07) is 13.0. The molecule has 0 aliphatic rings. The van der Waals surface area contributed by atoms with Gasteiger partial charge in [-0.2, -0.15) is 0 Å². The lowest BCUT2D eigenvalue weighted by Crippen LogP contribution is -2.01. The van der Waals surface area contributed by atoms with Crippen LogP contribution in [0.3, 0.4) is 0 Å². The molecular formula is C15H17NO3. The summed E-state index contributed by atoms with van der Waals surface area (Å²) in [6.07, 6.45) is 0. The van der Waals surface area contributed by atoms with E-state index >= 15 is 0 Å². The standard InChI is InChI=1S/C15H17NO3/c1-18-14-6-4-3-5-12(14)16-10-11-7-8-13(17)15(9-11)19-2/h3-9,16-17H,10H2,1-2H3. The number of nitrogens with one attached hydrogen (secondary N) is 1. The molecule has 0 atom stereocenters. The molecule has 0 aromatic heterocycles. The van der Waals surface area contributed by atoms with Gasteiger partial charge in [-0.1, -0.05) is 18.2 Å². The highest BCUT2D eigenvalue weighted by Gasteiger charge is 2.04. The Hall–Kier alpha value is -2.36. The number of benzene rings is 2. The van der Waals surface area contributed by atoms with Crippen molar-refractivity contribution in [1.29, 1.82) is 0 Å². The van der Waals surface area contributed by atoms with E-state index in [0.29, 0.717) is 12.3 Å². The number of para-hydroxylation sites is 2. The third-order valence-electron chi connectivity index (χ3n) is 2.83. The van der Waals surface area contributed by atoms with Gasteiger partial charge < -0.3 is 19.9 Å². The molecule has 0 saturated carbocycles. The van der Waals surface area contributed by atoms with Crippen molar-refractivity contribution in [2.24, 2.45) is 0 Å². The smallest absolute Gasteiger partial charge is 0.160 e. The number of phenolic OH excluding ortho intramolecular Hbond substituents is 1. The molecule has 4 nitrogen and oxygen atoms in total. The molecule has 100 valence electrons. The topological polar surface area (TPSA) is 50.7 Å². The first-order valence-corrected chi connectivity index (χ1v) is 5.97.